The summed E-state index contributed by atoms with van der Waals surface area (Å²) in [5.74, 6) is -0.102. The zero-order valence-electron chi connectivity index (χ0n) is 10.0. The maximum absolute atomic E-state index is 12.0. The van der Waals surface area contributed by atoms with Crippen LogP contribution in [-0.4, -0.2) is 22.4 Å². The topological polar surface area (TPSA) is 57.8 Å². The van der Waals surface area contributed by atoms with Gasteiger partial charge in [-0.1, -0.05) is 17.7 Å². The van der Waals surface area contributed by atoms with Crippen LogP contribution in [0.15, 0.2) is 30.7 Å². The number of benzene rings is 1. The van der Waals surface area contributed by atoms with Crippen LogP contribution < -0.4 is 5.32 Å². The van der Waals surface area contributed by atoms with Crippen LogP contribution in [0.4, 0.5) is 0 Å². The van der Waals surface area contributed by atoms with Gasteiger partial charge in [0.05, 0.1) is 6.33 Å². The monoisotopic (exact) mass is 263 g/mol. The standard InChI is InChI=1S/C13H14ClN3O/c1-9-2-3-10(14)6-12(9)13(18)16-5-4-11-7-15-8-17-11/h2-3,6-8H,4-5H2,1H3,(H,15,17)(H,16,18). The highest BCUT2D eigenvalue weighted by atomic mass is 35.5. The van der Waals surface area contributed by atoms with Gasteiger partial charge < -0.3 is 10.3 Å². The van der Waals surface area contributed by atoms with E-state index in [0.717, 1.165) is 17.7 Å². The molecule has 0 unspecified atom stereocenters. The fraction of sp³-hybridized carbons (Fsp3) is 0.231. The van der Waals surface area contributed by atoms with Gasteiger partial charge in [-0.2, -0.15) is 0 Å². The first-order chi connectivity index (χ1) is 8.66. The van der Waals surface area contributed by atoms with Crippen molar-refractivity contribution in [1.82, 2.24) is 15.3 Å². The maximum Gasteiger partial charge on any atom is 0.251 e. The van der Waals surface area contributed by atoms with Crippen LogP contribution in [0.1, 0.15) is 21.6 Å². The normalized spacial score (nSPS) is 10.3. The Morgan fingerprint density at radius 1 is 1.50 bits per heavy atom. The van der Waals surface area contributed by atoms with Crippen molar-refractivity contribution in [2.75, 3.05) is 6.54 Å². The van der Waals surface area contributed by atoms with Gasteiger partial charge in [-0.05, 0) is 24.6 Å². The summed E-state index contributed by atoms with van der Waals surface area (Å²) in [4.78, 5) is 18.9. The molecule has 1 heterocycles. The number of rotatable bonds is 4. The van der Waals surface area contributed by atoms with E-state index in [1.165, 1.54) is 0 Å². The number of aryl methyl sites for hydroxylation is 1. The Hall–Kier alpha value is -1.81. The number of aromatic amines is 1. The van der Waals surface area contributed by atoms with E-state index in [9.17, 15) is 4.79 Å². The molecule has 0 bridgehead atoms. The first kappa shape index (κ1) is 12.6. The van der Waals surface area contributed by atoms with E-state index in [4.69, 9.17) is 11.6 Å². The number of amides is 1. The largest absolute Gasteiger partial charge is 0.352 e. The number of H-pyrrole nitrogens is 1. The van der Waals surface area contributed by atoms with Crippen molar-refractivity contribution in [2.24, 2.45) is 0 Å². The van der Waals surface area contributed by atoms with Gasteiger partial charge in [-0.25, -0.2) is 4.98 Å². The number of nitrogens with one attached hydrogen (secondary N) is 2. The van der Waals surface area contributed by atoms with Gasteiger partial charge in [-0.15, -0.1) is 0 Å². The van der Waals surface area contributed by atoms with E-state index in [2.05, 4.69) is 15.3 Å². The number of aromatic nitrogens is 2. The molecule has 1 aromatic heterocycles. The number of halogens is 1. The molecule has 18 heavy (non-hydrogen) atoms. The Kier molecular flexibility index (Phi) is 3.99. The van der Waals surface area contributed by atoms with E-state index >= 15 is 0 Å². The highest BCUT2D eigenvalue weighted by Gasteiger charge is 2.08. The van der Waals surface area contributed by atoms with E-state index < -0.39 is 0 Å². The quantitative estimate of drug-likeness (QED) is 0.890. The third-order valence-corrected chi connectivity index (χ3v) is 2.91. The molecule has 94 valence electrons. The van der Waals surface area contributed by atoms with Crippen LogP contribution in [0.25, 0.3) is 0 Å². The number of nitrogens with zero attached hydrogens (tertiary/aromatic N) is 1. The summed E-state index contributed by atoms with van der Waals surface area (Å²) in [5, 5.41) is 3.43. The average molecular weight is 264 g/mol. The van der Waals surface area contributed by atoms with Gasteiger partial charge in [0.15, 0.2) is 0 Å². The van der Waals surface area contributed by atoms with Crippen LogP contribution in [0, 0.1) is 6.92 Å². The lowest BCUT2D eigenvalue weighted by molar-refractivity contribution is 0.0953. The highest BCUT2D eigenvalue weighted by molar-refractivity contribution is 6.31. The molecule has 2 rings (SSSR count). The molecule has 0 atom stereocenters. The zero-order valence-corrected chi connectivity index (χ0v) is 10.8. The Balaban J connectivity index is 1.93. The van der Waals surface area contributed by atoms with Crippen molar-refractivity contribution in [3.63, 3.8) is 0 Å². The second-order valence-electron chi connectivity index (χ2n) is 4.04. The summed E-state index contributed by atoms with van der Waals surface area (Å²) in [6.45, 7) is 2.45. The van der Waals surface area contributed by atoms with Gasteiger partial charge in [0.2, 0.25) is 0 Å². The van der Waals surface area contributed by atoms with Crippen LogP contribution in [0.5, 0.6) is 0 Å². The second-order valence-corrected chi connectivity index (χ2v) is 4.48. The van der Waals surface area contributed by atoms with Crippen molar-refractivity contribution < 1.29 is 4.79 Å². The summed E-state index contributed by atoms with van der Waals surface area (Å²) in [5.41, 5.74) is 2.53. The van der Waals surface area contributed by atoms with Crippen molar-refractivity contribution in [3.05, 3.63) is 52.6 Å². The Labute approximate surface area is 110 Å². The van der Waals surface area contributed by atoms with Crippen molar-refractivity contribution in [2.45, 2.75) is 13.3 Å². The second kappa shape index (κ2) is 5.69. The number of carbonyl (C=O) groups excluding carboxylic acids is 1. The predicted molar refractivity (Wildman–Crippen MR) is 70.8 cm³/mol. The van der Waals surface area contributed by atoms with E-state index in [0.29, 0.717) is 17.1 Å². The molecule has 0 spiro atoms. The molecule has 0 radical (unpaired) electrons. The molecule has 0 fully saturated rings. The number of hydrogen-bond acceptors (Lipinski definition) is 2. The van der Waals surface area contributed by atoms with Crippen LogP contribution >= 0.6 is 11.6 Å². The first-order valence-corrected chi connectivity index (χ1v) is 6.06. The van der Waals surface area contributed by atoms with Gasteiger partial charge >= 0.3 is 0 Å². The summed E-state index contributed by atoms with van der Waals surface area (Å²) >= 11 is 5.88. The van der Waals surface area contributed by atoms with Crippen molar-refractivity contribution in [1.29, 1.82) is 0 Å². The molecular formula is C13H14ClN3O. The maximum atomic E-state index is 12.0. The van der Waals surface area contributed by atoms with Crippen molar-refractivity contribution in [3.8, 4) is 0 Å². The molecule has 1 amide bonds. The summed E-state index contributed by atoms with van der Waals surface area (Å²) in [6, 6.07) is 5.30. The first-order valence-electron chi connectivity index (χ1n) is 5.68. The minimum Gasteiger partial charge on any atom is -0.352 e. The highest BCUT2D eigenvalue weighted by Crippen LogP contribution is 2.15. The summed E-state index contributed by atoms with van der Waals surface area (Å²) in [7, 11) is 0. The molecule has 2 aromatic rings. The van der Waals surface area contributed by atoms with Gasteiger partial charge in [0, 0.05) is 35.4 Å². The van der Waals surface area contributed by atoms with Gasteiger partial charge in [0.25, 0.3) is 5.91 Å². The molecular weight excluding hydrogens is 250 g/mol. The molecule has 0 saturated carbocycles. The molecule has 0 aliphatic carbocycles. The summed E-state index contributed by atoms with van der Waals surface area (Å²) in [6.07, 6.45) is 4.10. The third-order valence-electron chi connectivity index (χ3n) is 2.68. The van der Waals surface area contributed by atoms with Gasteiger partial charge in [0.1, 0.15) is 0 Å². The van der Waals surface area contributed by atoms with Crippen LogP contribution in [0.2, 0.25) is 5.02 Å². The van der Waals surface area contributed by atoms with E-state index in [1.807, 2.05) is 13.0 Å². The predicted octanol–water partition coefficient (Wildman–Crippen LogP) is 2.34. The Morgan fingerprint density at radius 3 is 3.06 bits per heavy atom. The minimum atomic E-state index is -0.102. The van der Waals surface area contributed by atoms with Crippen LogP contribution in [-0.2, 0) is 6.42 Å². The lowest BCUT2D eigenvalue weighted by Crippen LogP contribution is -2.26. The smallest absolute Gasteiger partial charge is 0.251 e. The summed E-state index contributed by atoms with van der Waals surface area (Å²) < 4.78 is 0. The molecule has 2 N–H and O–H groups in total. The average Bonchev–Trinajstić information content (AvgIpc) is 2.85. The molecule has 0 saturated heterocycles. The zero-order chi connectivity index (χ0) is 13.0. The van der Waals surface area contributed by atoms with E-state index in [1.54, 1.807) is 24.7 Å². The number of hydrogen-bond donors (Lipinski definition) is 2. The Bertz CT molecular complexity index is 537. The van der Waals surface area contributed by atoms with Crippen molar-refractivity contribution >= 4 is 17.5 Å². The molecule has 0 aliphatic heterocycles. The molecule has 4 nitrogen and oxygen atoms in total. The fourth-order valence-corrected chi connectivity index (χ4v) is 1.84. The number of carbonyl (C=O) groups is 1. The molecule has 5 heteroatoms. The molecule has 0 aliphatic rings. The Morgan fingerprint density at radius 2 is 2.33 bits per heavy atom. The van der Waals surface area contributed by atoms with E-state index in [-0.39, 0.29) is 5.91 Å². The SMILES string of the molecule is Cc1ccc(Cl)cc1C(=O)NCCc1cnc[nH]1. The van der Waals surface area contributed by atoms with Crippen LogP contribution in [0.3, 0.4) is 0 Å². The lowest BCUT2D eigenvalue weighted by atomic mass is 10.1. The lowest BCUT2D eigenvalue weighted by Gasteiger charge is -2.07. The number of imidazole rings is 1. The fourth-order valence-electron chi connectivity index (χ4n) is 1.67. The molecule has 1 aromatic carbocycles. The third kappa shape index (κ3) is 3.11. The minimum absolute atomic E-state index is 0.102. The van der Waals surface area contributed by atoms with Gasteiger partial charge in [-0.3, -0.25) is 4.79 Å².